The van der Waals surface area contributed by atoms with Gasteiger partial charge in [0.05, 0.1) is 10.2 Å². The van der Waals surface area contributed by atoms with Gasteiger partial charge in [-0.15, -0.1) is 23.5 Å². The standard InChI is InChI=1S/C21H22ClN3OS3/c1-27-17-3-2-4-18-20(17)23-21(29-18)25-12-10-24(11-13-25)19(26)9-14-28-16-7-5-15(22)6-8-16/h2-8H,9-14H2,1H3. The van der Waals surface area contributed by atoms with Crippen LogP contribution in [0.3, 0.4) is 0 Å². The Balaban J connectivity index is 1.28. The Labute approximate surface area is 188 Å². The number of amides is 1. The number of hydrogen-bond donors (Lipinski definition) is 0. The van der Waals surface area contributed by atoms with Crippen molar-refractivity contribution in [1.29, 1.82) is 0 Å². The molecule has 1 saturated heterocycles. The van der Waals surface area contributed by atoms with Crippen molar-refractivity contribution in [3.05, 3.63) is 47.5 Å². The van der Waals surface area contributed by atoms with E-state index in [1.807, 2.05) is 29.2 Å². The van der Waals surface area contributed by atoms with E-state index < -0.39 is 0 Å². The molecule has 0 aliphatic carbocycles. The van der Waals surface area contributed by atoms with Gasteiger partial charge in [0, 0.05) is 53.2 Å². The molecule has 1 aliphatic rings. The first kappa shape index (κ1) is 20.8. The highest BCUT2D eigenvalue weighted by Gasteiger charge is 2.23. The molecule has 0 atom stereocenters. The zero-order valence-electron chi connectivity index (χ0n) is 16.1. The third-order valence-corrected chi connectivity index (χ3v) is 8.01. The van der Waals surface area contributed by atoms with Gasteiger partial charge in [-0.3, -0.25) is 4.79 Å². The molecular weight excluding hydrogens is 442 g/mol. The maximum atomic E-state index is 12.6. The second-order valence-corrected chi connectivity index (χ2v) is 10.2. The van der Waals surface area contributed by atoms with E-state index in [1.54, 1.807) is 34.9 Å². The first-order valence-corrected chi connectivity index (χ1v) is 12.9. The van der Waals surface area contributed by atoms with Gasteiger partial charge in [0.2, 0.25) is 5.91 Å². The van der Waals surface area contributed by atoms with Crippen LogP contribution < -0.4 is 4.90 Å². The number of halogens is 1. The fourth-order valence-electron chi connectivity index (χ4n) is 3.30. The lowest BCUT2D eigenvalue weighted by molar-refractivity contribution is -0.131. The van der Waals surface area contributed by atoms with E-state index in [0.29, 0.717) is 6.42 Å². The summed E-state index contributed by atoms with van der Waals surface area (Å²) in [5.74, 6) is 1.02. The SMILES string of the molecule is CSc1cccc2sc(N3CCN(C(=O)CCSc4ccc(Cl)cc4)CC3)nc12. The minimum atomic E-state index is 0.236. The predicted octanol–water partition coefficient (Wildman–Crippen LogP) is 5.50. The lowest BCUT2D eigenvalue weighted by Crippen LogP contribution is -2.48. The molecule has 2 aromatic carbocycles. The highest BCUT2D eigenvalue weighted by atomic mass is 35.5. The van der Waals surface area contributed by atoms with Gasteiger partial charge >= 0.3 is 0 Å². The highest BCUT2D eigenvalue weighted by Crippen LogP contribution is 2.34. The van der Waals surface area contributed by atoms with Crippen molar-refractivity contribution in [2.24, 2.45) is 0 Å². The van der Waals surface area contributed by atoms with Gasteiger partial charge in [-0.25, -0.2) is 4.98 Å². The summed E-state index contributed by atoms with van der Waals surface area (Å²) < 4.78 is 1.23. The van der Waals surface area contributed by atoms with Crippen LogP contribution in [-0.4, -0.2) is 54.0 Å². The number of thioether (sulfide) groups is 2. The third-order valence-electron chi connectivity index (χ3n) is 4.89. The number of fused-ring (bicyclic) bond motifs is 1. The largest absolute Gasteiger partial charge is 0.345 e. The van der Waals surface area contributed by atoms with Gasteiger partial charge in [-0.1, -0.05) is 29.0 Å². The molecule has 8 heteroatoms. The molecule has 0 unspecified atom stereocenters. The van der Waals surface area contributed by atoms with E-state index in [9.17, 15) is 4.79 Å². The minimum Gasteiger partial charge on any atom is -0.345 e. The summed E-state index contributed by atoms with van der Waals surface area (Å²) in [6.45, 7) is 3.19. The number of anilines is 1. The summed E-state index contributed by atoms with van der Waals surface area (Å²) in [5.41, 5.74) is 1.10. The molecule has 4 rings (SSSR count). The Bertz CT molecular complexity index is 985. The topological polar surface area (TPSA) is 36.4 Å². The smallest absolute Gasteiger partial charge is 0.223 e. The molecule has 1 aromatic heterocycles. The average molecular weight is 464 g/mol. The number of nitrogens with zero attached hydrogens (tertiary/aromatic N) is 3. The quantitative estimate of drug-likeness (QED) is 0.451. The Morgan fingerprint density at radius 1 is 1.14 bits per heavy atom. The molecule has 3 aromatic rings. The van der Waals surface area contributed by atoms with Crippen LogP contribution in [0.15, 0.2) is 52.3 Å². The lowest BCUT2D eigenvalue weighted by Gasteiger charge is -2.34. The maximum absolute atomic E-state index is 12.6. The zero-order valence-corrected chi connectivity index (χ0v) is 19.3. The van der Waals surface area contributed by atoms with E-state index in [2.05, 4.69) is 29.4 Å². The van der Waals surface area contributed by atoms with Crippen molar-refractivity contribution in [1.82, 2.24) is 9.88 Å². The van der Waals surface area contributed by atoms with E-state index in [0.717, 1.165) is 52.5 Å². The second-order valence-electron chi connectivity index (χ2n) is 6.72. The second kappa shape index (κ2) is 9.60. The normalized spacial score (nSPS) is 14.6. The Hall–Kier alpha value is -1.41. The predicted molar refractivity (Wildman–Crippen MR) is 127 cm³/mol. The van der Waals surface area contributed by atoms with Gasteiger partial charge in [0.25, 0.3) is 0 Å². The van der Waals surface area contributed by atoms with Crippen molar-refractivity contribution in [3.8, 4) is 0 Å². The number of rotatable bonds is 6. The molecule has 1 amide bonds. The summed E-state index contributed by atoms with van der Waals surface area (Å²) >= 11 is 11.1. The van der Waals surface area contributed by atoms with Gasteiger partial charge in [-0.05, 0) is 42.7 Å². The molecule has 0 bridgehead atoms. The molecule has 1 aliphatic heterocycles. The molecular formula is C21H22ClN3OS3. The number of para-hydroxylation sites is 1. The fourth-order valence-corrected chi connectivity index (χ4v) is 5.94. The number of piperazine rings is 1. The number of carbonyl (C=O) groups is 1. The average Bonchev–Trinajstić information content (AvgIpc) is 3.19. The number of carbonyl (C=O) groups excluding carboxylic acids is 1. The van der Waals surface area contributed by atoms with Gasteiger partial charge < -0.3 is 9.80 Å². The van der Waals surface area contributed by atoms with Crippen LogP contribution in [0.25, 0.3) is 10.2 Å². The van der Waals surface area contributed by atoms with Crippen LogP contribution >= 0.6 is 46.5 Å². The van der Waals surface area contributed by atoms with Crippen LogP contribution in [0.4, 0.5) is 5.13 Å². The van der Waals surface area contributed by atoms with Gasteiger partial charge in [-0.2, -0.15) is 0 Å². The van der Waals surface area contributed by atoms with Crippen LogP contribution in [0.1, 0.15) is 6.42 Å². The molecule has 0 spiro atoms. The van der Waals surface area contributed by atoms with E-state index in [-0.39, 0.29) is 5.91 Å². The molecule has 2 heterocycles. The van der Waals surface area contributed by atoms with Crippen molar-refractivity contribution in [3.63, 3.8) is 0 Å². The van der Waals surface area contributed by atoms with Crippen molar-refractivity contribution < 1.29 is 4.79 Å². The Morgan fingerprint density at radius 3 is 2.62 bits per heavy atom. The van der Waals surface area contributed by atoms with Crippen LogP contribution in [-0.2, 0) is 4.79 Å². The summed E-state index contributed by atoms with van der Waals surface area (Å²) in [6, 6.07) is 14.1. The number of aromatic nitrogens is 1. The summed E-state index contributed by atoms with van der Waals surface area (Å²) in [7, 11) is 0. The van der Waals surface area contributed by atoms with Gasteiger partial charge in [0.15, 0.2) is 5.13 Å². The number of thiazole rings is 1. The summed E-state index contributed by atoms with van der Waals surface area (Å²) in [6.07, 6.45) is 2.65. The highest BCUT2D eigenvalue weighted by molar-refractivity contribution is 7.99. The molecule has 0 saturated carbocycles. The number of benzene rings is 2. The van der Waals surface area contributed by atoms with Crippen molar-refractivity contribution in [2.45, 2.75) is 16.2 Å². The van der Waals surface area contributed by atoms with Crippen molar-refractivity contribution >= 4 is 67.7 Å². The van der Waals surface area contributed by atoms with Crippen LogP contribution in [0.5, 0.6) is 0 Å². The molecule has 4 nitrogen and oxygen atoms in total. The monoisotopic (exact) mass is 463 g/mol. The first-order valence-electron chi connectivity index (χ1n) is 9.48. The van der Waals surface area contributed by atoms with Crippen molar-refractivity contribution in [2.75, 3.05) is 43.1 Å². The third kappa shape index (κ3) is 5.02. The summed E-state index contributed by atoms with van der Waals surface area (Å²) in [5, 5.41) is 1.80. The zero-order chi connectivity index (χ0) is 20.2. The van der Waals surface area contributed by atoms with E-state index >= 15 is 0 Å². The summed E-state index contributed by atoms with van der Waals surface area (Å²) in [4.78, 5) is 24.1. The van der Waals surface area contributed by atoms with Crippen LogP contribution in [0.2, 0.25) is 5.02 Å². The first-order chi connectivity index (χ1) is 14.1. The lowest BCUT2D eigenvalue weighted by atomic mass is 10.3. The molecule has 1 fully saturated rings. The maximum Gasteiger partial charge on any atom is 0.223 e. The van der Waals surface area contributed by atoms with Gasteiger partial charge in [0.1, 0.15) is 0 Å². The molecule has 0 radical (unpaired) electrons. The van der Waals surface area contributed by atoms with E-state index in [4.69, 9.17) is 16.6 Å². The Morgan fingerprint density at radius 2 is 1.90 bits per heavy atom. The molecule has 29 heavy (non-hydrogen) atoms. The van der Waals surface area contributed by atoms with Crippen LogP contribution in [0, 0.1) is 0 Å². The number of hydrogen-bond acceptors (Lipinski definition) is 6. The van der Waals surface area contributed by atoms with E-state index in [1.165, 1.54) is 9.60 Å². The minimum absolute atomic E-state index is 0.236. The molecule has 152 valence electrons. The fraction of sp³-hybridized carbons (Fsp3) is 0.333. The molecule has 0 N–H and O–H groups in total. The Kier molecular flexibility index (Phi) is 6.90.